The van der Waals surface area contributed by atoms with Crippen molar-refractivity contribution in [2.24, 2.45) is 0 Å². The normalized spacial score (nSPS) is 11.0. The van der Waals surface area contributed by atoms with E-state index in [-0.39, 0.29) is 16.5 Å². The summed E-state index contributed by atoms with van der Waals surface area (Å²) in [6.45, 7) is 0. The third-order valence-electron chi connectivity index (χ3n) is 4.26. The molecule has 32 heavy (non-hydrogen) atoms. The second-order valence-corrected chi connectivity index (χ2v) is 8.30. The minimum atomic E-state index is -4.76. The van der Waals surface area contributed by atoms with Gasteiger partial charge in [0, 0.05) is 15.7 Å². The van der Waals surface area contributed by atoms with Crippen molar-refractivity contribution in [1.29, 1.82) is 5.26 Å². The first kappa shape index (κ1) is 23.6. The highest BCUT2D eigenvalue weighted by Gasteiger charge is 2.36. The van der Waals surface area contributed by atoms with Crippen LogP contribution in [0.4, 0.5) is 18.9 Å². The third kappa shape index (κ3) is 5.81. The van der Waals surface area contributed by atoms with Crippen molar-refractivity contribution in [3.8, 4) is 23.1 Å². The number of methoxy groups -OCH3 is 1. The molecule has 0 saturated carbocycles. The molecule has 0 aliphatic carbocycles. The first-order valence-electron chi connectivity index (χ1n) is 9.06. The van der Waals surface area contributed by atoms with Crippen LogP contribution >= 0.6 is 27.7 Å². The van der Waals surface area contributed by atoms with Gasteiger partial charge in [-0.2, -0.15) is 18.4 Å². The summed E-state index contributed by atoms with van der Waals surface area (Å²) in [4.78, 5) is 16.5. The Kier molecular flexibility index (Phi) is 7.43. The topological polar surface area (TPSA) is 75.0 Å². The summed E-state index contributed by atoms with van der Waals surface area (Å²) in [5.41, 5.74) is -0.722. The third-order valence-corrected chi connectivity index (χ3v) is 5.76. The summed E-state index contributed by atoms with van der Waals surface area (Å²) in [7, 11) is 1.48. The number of aromatic nitrogens is 1. The van der Waals surface area contributed by atoms with Crippen molar-refractivity contribution in [1.82, 2.24) is 4.98 Å². The predicted octanol–water partition coefficient (Wildman–Crippen LogP) is 6.14. The van der Waals surface area contributed by atoms with Crippen LogP contribution in [0.25, 0.3) is 11.3 Å². The minimum Gasteiger partial charge on any atom is -0.497 e. The Morgan fingerprint density at radius 1 is 1.19 bits per heavy atom. The Morgan fingerprint density at radius 2 is 1.84 bits per heavy atom. The van der Waals surface area contributed by atoms with Gasteiger partial charge in [-0.15, -0.1) is 0 Å². The fourth-order valence-corrected chi connectivity index (χ4v) is 3.80. The fourth-order valence-electron chi connectivity index (χ4n) is 2.73. The van der Waals surface area contributed by atoms with Gasteiger partial charge in [0.25, 0.3) is 0 Å². The molecule has 0 saturated heterocycles. The van der Waals surface area contributed by atoms with E-state index < -0.39 is 23.2 Å². The van der Waals surface area contributed by atoms with E-state index in [1.54, 1.807) is 54.6 Å². The number of rotatable bonds is 6. The molecule has 0 fully saturated rings. The first-order chi connectivity index (χ1) is 15.2. The molecule has 5 nitrogen and oxygen atoms in total. The summed E-state index contributed by atoms with van der Waals surface area (Å²) in [6.07, 6.45) is -4.76. The number of pyridine rings is 1. The second-order valence-electron chi connectivity index (χ2n) is 6.42. The quantitative estimate of drug-likeness (QED) is 0.394. The summed E-state index contributed by atoms with van der Waals surface area (Å²) in [6, 6.07) is 15.6. The molecule has 0 aliphatic rings. The summed E-state index contributed by atoms with van der Waals surface area (Å²) in [5, 5.41) is 11.9. The van der Waals surface area contributed by atoms with Gasteiger partial charge in [-0.3, -0.25) is 4.79 Å². The van der Waals surface area contributed by atoms with Gasteiger partial charge in [0.15, 0.2) is 0 Å². The molecule has 0 radical (unpaired) electrons. The molecule has 1 amide bonds. The number of nitriles is 1. The lowest BCUT2D eigenvalue weighted by molar-refractivity contribution is -0.138. The number of carbonyl (C=O) groups is 1. The summed E-state index contributed by atoms with van der Waals surface area (Å²) >= 11 is 4.06. The van der Waals surface area contributed by atoms with E-state index in [1.165, 1.54) is 7.11 Å². The van der Waals surface area contributed by atoms with E-state index in [0.717, 1.165) is 22.3 Å². The van der Waals surface area contributed by atoms with Gasteiger partial charge in [0.05, 0.1) is 29.7 Å². The smallest absolute Gasteiger partial charge is 0.417 e. The molecule has 3 aromatic rings. The van der Waals surface area contributed by atoms with Crippen LogP contribution < -0.4 is 10.1 Å². The number of hydrogen-bond donors (Lipinski definition) is 1. The zero-order chi connectivity index (χ0) is 23.3. The molecule has 0 spiro atoms. The molecule has 164 valence electrons. The van der Waals surface area contributed by atoms with E-state index in [4.69, 9.17) is 4.74 Å². The lowest BCUT2D eigenvalue weighted by Gasteiger charge is -2.14. The second kappa shape index (κ2) is 10.1. The van der Waals surface area contributed by atoms with Crippen molar-refractivity contribution in [3.63, 3.8) is 0 Å². The maximum absolute atomic E-state index is 13.7. The SMILES string of the molecule is COc1ccc(-c2cc(C(F)(F)F)c(C#N)c(SCC(=O)Nc3ccc(Br)cc3)n2)cc1. The number of anilines is 1. The van der Waals surface area contributed by atoms with E-state index >= 15 is 0 Å². The van der Waals surface area contributed by atoms with Crippen LogP contribution in [0.1, 0.15) is 11.1 Å². The predicted molar refractivity (Wildman–Crippen MR) is 119 cm³/mol. The summed E-state index contributed by atoms with van der Waals surface area (Å²) in [5.74, 6) is -0.120. The Hall–Kier alpha value is -3.03. The van der Waals surface area contributed by atoms with Crippen molar-refractivity contribution < 1.29 is 22.7 Å². The number of alkyl halides is 3. The lowest BCUT2D eigenvalue weighted by atomic mass is 10.1. The van der Waals surface area contributed by atoms with Crippen molar-refractivity contribution in [2.75, 3.05) is 18.2 Å². The summed E-state index contributed by atoms with van der Waals surface area (Å²) < 4.78 is 46.9. The number of carbonyl (C=O) groups excluding carboxylic acids is 1. The van der Waals surface area contributed by atoms with Gasteiger partial charge in [-0.05, 0) is 54.6 Å². The van der Waals surface area contributed by atoms with Gasteiger partial charge >= 0.3 is 6.18 Å². The van der Waals surface area contributed by atoms with Gasteiger partial charge in [-0.25, -0.2) is 4.98 Å². The molecular formula is C22H15BrF3N3O2S. The van der Waals surface area contributed by atoms with Gasteiger partial charge in [0.1, 0.15) is 16.8 Å². The van der Waals surface area contributed by atoms with Crippen LogP contribution in [-0.4, -0.2) is 23.8 Å². The minimum absolute atomic E-state index is 0.0368. The standard InChI is InChI=1S/C22H15BrF3N3O2S/c1-31-16-8-2-13(3-9-16)19-10-18(22(24,25)26)17(11-27)21(29-19)32-12-20(30)28-15-6-4-14(23)5-7-15/h2-10H,12H2,1H3,(H,28,30). The Balaban J connectivity index is 1.91. The molecule has 2 aromatic carbocycles. The van der Waals surface area contributed by atoms with Crippen LogP contribution in [0.3, 0.4) is 0 Å². The molecular weight excluding hydrogens is 507 g/mol. The molecule has 0 bridgehead atoms. The van der Waals surface area contributed by atoms with Crippen molar-refractivity contribution >= 4 is 39.3 Å². The van der Waals surface area contributed by atoms with Gasteiger partial charge in [0.2, 0.25) is 5.91 Å². The highest BCUT2D eigenvalue weighted by Crippen LogP contribution is 2.38. The van der Waals surface area contributed by atoms with Crippen LogP contribution in [0.2, 0.25) is 0 Å². The largest absolute Gasteiger partial charge is 0.497 e. The maximum atomic E-state index is 13.7. The number of benzene rings is 2. The van der Waals surface area contributed by atoms with E-state index in [2.05, 4.69) is 26.2 Å². The highest BCUT2D eigenvalue weighted by molar-refractivity contribution is 9.10. The Morgan fingerprint density at radius 3 is 2.41 bits per heavy atom. The molecule has 10 heteroatoms. The Bertz CT molecular complexity index is 1160. The average Bonchev–Trinajstić information content (AvgIpc) is 2.78. The van der Waals surface area contributed by atoms with Crippen LogP contribution in [0.5, 0.6) is 5.75 Å². The molecule has 0 unspecified atom stereocenters. The maximum Gasteiger partial charge on any atom is 0.417 e. The first-order valence-corrected chi connectivity index (χ1v) is 10.8. The van der Waals surface area contributed by atoms with E-state index in [9.17, 15) is 23.2 Å². The number of thioether (sulfide) groups is 1. The van der Waals surface area contributed by atoms with Gasteiger partial charge < -0.3 is 10.1 Å². The molecule has 0 atom stereocenters. The van der Waals surface area contributed by atoms with Crippen molar-refractivity contribution in [3.05, 3.63) is 70.2 Å². The number of halogens is 4. The number of nitrogens with zero attached hydrogens (tertiary/aromatic N) is 2. The number of ether oxygens (including phenoxy) is 1. The lowest BCUT2D eigenvalue weighted by Crippen LogP contribution is -2.15. The average molecular weight is 522 g/mol. The van der Waals surface area contributed by atoms with E-state index in [0.29, 0.717) is 17.0 Å². The molecule has 1 N–H and O–H groups in total. The number of amides is 1. The highest BCUT2D eigenvalue weighted by atomic mass is 79.9. The zero-order valence-corrected chi connectivity index (χ0v) is 18.9. The molecule has 1 heterocycles. The monoisotopic (exact) mass is 521 g/mol. The molecule has 3 rings (SSSR count). The number of hydrogen-bond acceptors (Lipinski definition) is 5. The number of nitrogens with one attached hydrogen (secondary N) is 1. The Labute approximate surface area is 194 Å². The van der Waals surface area contributed by atoms with Gasteiger partial charge in [-0.1, -0.05) is 27.7 Å². The molecule has 1 aromatic heterocycles. The van der Waals surface area contributed by atoms with Crippen LogP contribution in [0.15, 0.2) is 64.1 Å². The fraction of sp³-hybridized carbons (Fsp3) is 0.136. The zero-order valence-electron chi connectivity index (χ0n) is 16.5. The molecule has 0 aliphatic heterocycles. The van der Waals surface area contributed by atoms with Crippen LogP contribution in [-0.2, 0) is 11.0 Å². The van der Waals surface area contributed by atoms with Crippen molar-refractivity contribution in [2.45, 2.75) is 11.2 Å². The van der Waals surface area contributed by atoms with Crippen LogP contribution in [0, 0.1) is 11.3 Å². The van der Waals surface area contributed by atoms with E-state index in [1.807, 2.05) is 0 Å².